The normalized spacial score (nSPS) is 16.8. The second-order valence-electron chi connectivity index (χ2n) is 6.03. The standard InChI is InChI=1S/C18H30N4O.HI/c1-4-5-12-22(3)13-11-20-18(19-2)21-16-10-14-23-17-9-7-6-8-15(16)17;/h6-9,16H,4-5,10-14H2,1-3H3,(H2,19,20,21);1H. The number of aliphatic imine (C=N–C) groups is 1. The van der Waals surface area contributed by atoms with Gasteiger partial charge < -0.3 is 20.3 Å². The Labute approximate surface area is 163 Å². The van der Waals surface area contributed by atoms with Crippen LogP contribution in [0.5, 0.6) is 5.75 Å². The molecule has 0 saturated heterocycles. The van der Waals surface area contributed by atoms with Crippen molar-refractivity contribution in [2.45, 2.75) is 32.2 Å². The number of hydrogen-bond donors (Lipinski definition) is 2. The van der Waals surface area contributed by atoms with Gasteiger partial charge in [0.05, 0.1) is 12.6 Å². The molecular formula is C18H31IN4O. The Hall–Kier alpha value is -1.02. The van der Waals surface area contributed by atoms with Crippen LogP contribution < -0.4 is 15.4 Å². The minimum atomic E-state index is 0. The molecule has 2 N–H and O–H groups in total. The third kappa shape index (κ3) is 6.47. The number of nitrogens with zero attached hydrogens (tertiary/aromatic N) is 2. The van der Waals surface area contributed by atoms with Crippen LogP contribution in [0.1, 0.15) is 37.8 Å². The lowest BCUT2D eigenvalue weighted by Crippen LogP contribution is -2.43. The van der Waals surface area contributed by atoms with Crippen LogP contribution in [0.4, 0.5) is 0 Å². The number of fused-ring (bicyclic) bond motifs is 1. The van der Waals surface area contributed by atoms with Crippen molar-refractivity contribution in [1.29, 1.82) is 0 Å². The fourth-order valence-electron chi connectivity index (χ4n) is 2.76. The number of hydrogen-bond acceptors (Lipinski definition) is 3. The topological polar surface area (TPSA) is 48.9 Å². The average Bonchev–Trinajstić information content (AvgIpc) is 2.59. The van der Waals surface area contributed by atoms with Crippen molar-refractivity contribution in [3.63, 3.8) is 0 Å². The summed E-state index contributed by atoms with van der Waals surface area (Å²) >= 11 is 0. The molecule has 0 bridgehead atoms. The molecular weight excluding hydrogens is 415 g/mol. The predicted octanol–water partition coefficient (Wildman–Crippen LogP) is 3.03. The number of unbranched alkanes of at least 4 members (excludes halogenated alkanes) is 1. The number of para-hydroxylation sites is 1. The van der Waals surface area contributed by atoms with Crippen LogP contribution in [0.2, 0.25) is 0 Å². The van der Waals surface area contributed by atoms with Crippen LogP contribution in [-0.2, 0) is 0 Å². The van der Waals surface area contributed by atoms with E-state index in [2.05, 4.69) is 46.6 Å². The summed E-state index contributed by atoms with van der Waals surface area (Å²) in [5, 5.41) is 6.93. The Morgan fingerprint density at radius 2 is 2.12 bits per heavy atom. The van der Waals surface area contributed by atoms with Gasteiger partial charge in [0, 0.05) is 32.1 Å². The number of likely N-dealkylation sites (N-methyl/N-ethyl adjacent to an activating group) is 1. The van der Waals surface area contributed by atoms with Gasteiger partial charge >= 0.3 is 0 Å². The summed E-state index contributed by atoms with van der Waals surface area (Å²) in [6.07, 6.45) is 3.45. The Morgan fingerprint density at radius 3 is 2.88 bits per heavy atom. The summed E-state index contributed by atoms with van der Waals surface area (Å²) in [6.45, 7) is 6.03. The summed E-state index contributed by atoms with van der Waals surface area (Å²) in [6, 6.07) is 8.48. The fourth-order valence-corrected chi connectivity index (χ4v) is 2.76. The molecule has 0 radical (unpaired) electrons. The van der Waals surface area contributed by atoms with Crippen molar-refractivity contribution < 1.29 is 4.74 Å². The predicted molar refractivity (Wildman–Crippen MR) is 112 cm³/mol. The maximum atomic E-state index is 5.71. The largest absolute Gasteiger partial charge is 0.493 e. The first kappa shape index (κ1) is 21.0. The highest BCUT2D eigenvalue weighted by atomic mass is 127. The molecule has 0 amide bonds. The number of rotatable bonds is 7. The van der Waals surface area contributed by atoms with E-state index in [1.165, 1.54) is 18.4 Å². The van der Waals surface area contributed by atoms with Crippen LogP contribution in [-0.4, -0.2) is 51.2 Å². The summed E-state index contributed by atoms with van der Waals surface area (Å²) in [7, 11) is 3.99. The smallest absolute Gasteiger partial charge is 0.191 e. The van der Waals surface area contributed by atoms with Crippen LogP contribution >= 0.6 is 24.0 Å². The maximum absolute atomic E-state index is 5.71. The highest BCUT2D eigenvalue weighted by Crippen LogP contribution is 2.31. The highest BCUT2D eigenvalue weighted by Gasteiger charge is 2.21. The van der Waals surface area contributed by atoms with Gasteiger partial charge in [0.2, 0.25) is 0 Å². The molecule has 5 nitrogen and oxygen atoms in total. The maximum Gasteiger partial charge on any atom is 0.191 e. The van der Waals surface area contributed by atoms with E-state index in [0.717, 1.165) is 44.4 Å². The summed E-state index contributed by atoms with van der Waals surface area (Å²) in [4.78, 5) is 6.70. The van der Waals surface area contributed by atoms with Crippen molar-refractivity contribution in [3.05, 3.63) is 29.8 Å². The minimum Gasteiger partial charge on any atom is -0.493 e. The fraction of sp³-hybridized carbons (Fsp3) is 0.611. The molecule has 0 aliphatic carbocycles. The van der Waals surface area contributed by atoms with Crippen LogP contribution in [0.3, 0.4) is 0 Å². The molecule has 1 heterocycles. The van der Waals surface area contributed by atoms with Gasteiger partial charge in [-0.3, -0.25) is 4.99 Å². The van der Waals surface area contributed by atoms with E-state index in [-0.39, 0.29) is 30.0 Å². The van der Waals surface area contributed by atoms with E-state index in [1.54, 1.807) is 0 Å². The first-order chi connectivity index (χ1) is 11.2. The SMILES string of the molecule is CCCCN(C)CCNC(=NC)NC1CCOc2ccccc21.I. The molecule has 1 atom stereocenters. The molecule has 136 valence electrons. The van der Waals surface area contributed by atoms with E-state index in [0.29, 0.717) is 0 Å². The Morgan fingerprint density at radius 1 is 1.33 bits per heavy atom. The molecule has 1 unspecified atom stereocenters. The number of nitrogens with one attached hydrogen (secondary N) is 2. The Kier molecular flexibility index (Phi) is 10.1. The molecule has 0 saturated carbocycles. The molecule has 1 aromatic rings. The zero-order valence-electron chi connectivity index (χ0n) is 15.0. The quantitative estimate of drug-likeness (QED) is 0.384. The third-order valence-corrected chi connectivity index (χ3v) is 4.17. The summed E-state index contributed by atoms with van der Waals surface area (Å²) in [5.41, 5.74) is 1.21. The second kappa shape index (κ2) is 11.5. The van der Waals surface area contributed by atoms with Gasteiger partial charge in [-0.1, -0.05) is 31.5 Å². The highest BCUT2D eigenvalue weighted by molar-refractivity contribution is 14.0. The van der Waals surface area contributed by atoms with Gasteiger partial charge in [-0.15, -0.1) is 24.0 Å². The third-order valence-electron chi connectivity index (χ3n) is 4.17. The molecule has 0 aromatic heterocycles. The van der Waals surface area contributed by atoms with Crippen molar-refractivity contribution in [3.8, 4) is 5.75 Å². The van der Waals surface area contributed by atoms with E-state index in [9.17, 15) is 0 Å². The van der Waals surface area contributed by atoms with Crippen molar-refractivity contribution >= 4 is 29.9 Å². The Balaban J connectivity index is 0.00000288. The first-order valence-corrected chi connectivity index (χ1v) is 8.62. The second-order valence-corrected chi connectivity index (χ2v) is 6.03. The van der Waals surface area contributed by atoms with Gasteiger partial charge in [-0.05, 0) is 26.1 Å². The van der Waals surface area contributed by atoms with Crippen molar-refractivity contribution in [1.82, 2.24) is 15.5 Å². The first-order valence-electron chi connectivity index (χ1n) is 8.62. The van der Waals surface area contributed by atoms with Gasteiger partial charge in [0.25, 0.3) is 0 Å². The molecule has 0 spiro atoms. The zero-order chi connectivity index (χ0) is 16.5. The van der Waals surface area contributed by atoms with Crippen molar-refractivity contribution in [2.24, 2.45) is 4.99 Å². The lowest BCUT2D eigenvalue weighted by atomic mass is 10.0. The molecule has 24 heavy (non-hydrogen) atoms. The van der Waals surface area contributed by atoms with E-state index < -0.39 is 0 Å². The van der Waals surface area contributed by atoms with Crippen LogP contribution in [0, 0.1) is 0 Å². The molecule has 1 aliphatic heterocycles. The molecule has 2 rings (SSSR count). The van der Waals surface area contributed by atoms with E-state index in [4.69, 9.17) is 4.74 Å². The molecule has 1 aromatic carbocycles. The molecule has 1 aliphatic rings. The molecule has 6 heteroatoms. The summed E-state index contributed by atoms with van der Waals surface area (Å²) in [5.74, 6) is 1.83. The van der Waals surface area contributed by atoms with Crippen molar-refractivity contribution in [2.75, 3.05) is 40.3 Å². The number of halogens is 1. The van der Waals surface area contributed by atoms with E-state index >= 15 is 0 Å². The summed E-state index contributed by atoms with van der Waals surface area (Å²) < 4.78 is 5.71. The molecule has 0 fully saturated rings. The Bertz CT molecular complexity index is 510. The van der Waals surface area contributed by atoms with Gasteiger partial charge in [-0.25, -0.2) is 0 Å². The number of ether oxygens (including phenoxy) is 1. The number of guanidine groups is 1. The number of benzene rings is 1. The van der Waals surface area contributed by atoms with Crippen LogP contribution in [0.15, 0.2) is 29.3 Å². The monoisotopic (exact) mass is 446 g/mol. The van der Waals surface area contributed by atoms with Gasteiger partial charge in [0.1, 0.15) is 5.75 Å². The lowest BCUT2D eigenvalue weighted by molar-refractivity contribution is 0.261. The van der Waals surface area contributed by atoms with E-state index in [1.807, 2.05) is 19.2 Å². The zero-order valence-corrected chi connectivity index (χ0v) is 17.4. The van der Waals surface area contributed by atoms with Gasteiger partial charge in [0.15, 0.2) is 5.96 Å². The minimum absolute atomic E-state index is 0. The average molecular weight is 446 g/mol. The lowest BCUT2D eigenvalue weighted by Gasteiger charge is -2.28. The van der Waals surface area contributed by atoms with Gasteiger partial charge in [-0.2, -0.15) is 0 Å². The van der Waals surface area contributed by atoms with Crippen LogP contribution in [0.25, 0.3) is 0 Å².